The number of nitrogens with zero attached hydrogens (tertiary/aromatic N) is 2. The van der Waals surface area contributed by atoms with Gasteiger partial charge in [0.05, 0.1) is 42.8 Å². The lowest BCUT2D eigenvalue weighted by Crippen LogP contribution is -2.30. The smallest absolute Gasteiger partial charge is 0.316 e. The van der Waals surface area contributed by atoms with E-state index in [1.54, 1.807) is 4.90 Å². The van der Waals surface area contributed by atoms with Gasteiger partial charge in [-0.2, -0.15) is 0 Å². The molecule has 0 unspecified atom stereocenters. The number of esters is 1. The SMILES string of the molecule is CCc1cccc(CC)c1N1C[C@@H](C(=O)Oc2cccc(N3C(=O)c4c(Cl)c(Cl)c(Cl)c(Cl)c4C3=O)c2)CC1=O. The van der Waals surface area contributed by atoms with E-state index in [9.17, 15) is 19.2 Å². The molecule has 206 valence electrons. The number of aryl methyl sites for hydroxylation is 2. The Labute approximate surface area is 250 Å². The summed E-state index contributed by atoms with van der Waals surface area (Å²) >= 11 is 24.7. The minimum atomic E-state index is -0.743. The minimum Gasteiger partial charge on any atom is -0.426 e. The highest BCUT2D eigenvalue weighted by Gasteiger charge is 2.43. The van der Waals surface area contributed by atoms with Gasteiger partial charge in [0.15, 0.2) is 0 Å². The average molecular weight is 620 g/mol. The molecule has 1 fully saturated rings. The van der Waals surface area contributed by atoms with Crippen LogP contribution in [0.4, 0.5) is 11.4 Å². The van der Waals surface area contributed by atoms with Crippen molar-refractivity contribution in [2.24, 2.45) is 5.92 Å². The van der Waals surface area contributed by atoms with Crippen molar-refractivity contribution in [3.63, 3.8) is 0 Å². The van der Waals surface area contributed by atoms with Gasteiger partial charge in [-0.15, -0.1) is 0 Å². The summed E-state index contributed by atoms with van der Waals surface area (Å²) in [6.45, 7) is 4.24. The molecule has 0 saturated carbocycles. The Hall–Kier alpha value is -3.10. The van der Waals surface area contributed by atoms with E-state index in [0.717, 1.165) is 34.6 Å². The summed E-state index contributed by atoms with van der Waals surface area (Å²) in [7, 11) is 0. The molecule has 2 aliphatic heterocycles. The summed E-state index contributed by atoms with van der Waals surface area (Å²) in [5.41, 5.74) is 2.76. The second-order valence-corrected chi connectivity index (χ2v) is 10.9. The highest BCUT2D eigenvalue weighted by molar-refractivity contribution is 6.56. The number of hydrogen-bond donors (Lipinski definition) is 0. The first-order valence-corrected chi connectivity index (χ1v) is 14.1. The van der Waals surface area contributed by atoms with E-state index in [1.807, 2.05) is 32.0 Å². The maximum absolute atomic E-state index is 13.2. The summed E-state index contributed by atoms with van der Waals surface area (Å²) < 4.78 is 5.62. The van der Waals surface area contributed by atoms with Gasteiger partial charge in [-0.05, 0) is 36.1 Å². The Kier molecular flexibility index (Phi) is 7.86. The monoisotopic (exact) mass is 618 g/mol. The third-order valence-corrected chi connectivity index (χ3v) is 8.89. The van der Waals surface area contributed by atoms with Gasteiger partial charge < -0.3 is 9.64 Å². The van der Waals surface area contributed by atoms with Crippen LogP contribution in [-0.2, 0) is 22.4 Å². The molecule has 40 heavy (non-hydrogen) atoms. The molecular weight excluding hydrogens is 598 g/mol. The van der Waals surface area contributed by atoms with Crippen LogP contribution >= 0.6 is 46.4 Å². The van der Waals surface area contributed by atoms with Crippen LogP contribution in [0.15, 0.2) is 42.5 Å². The highest BCUT2D eigenvalue weighted by Crippen LogP contribution is 2.46. The number of hydrogen-bond acceptors (Lipinski definition) is 5. The third-order valence-electron chi connectivity index (χ3n) is 7.09. The molecule has 0 aliphatic carbocycles. The average Bonchev–Trinajstić information content (AvgIpc) is 3.46. The molecule has 11 heteroatoms. The number of halogens is 4. The number of rotatable bonds is 6. The number of carbonyl (C=O) groups is 4. The Balaban J connectivity index is 1.37. The molecule has 0 radical (unpaired) electrons. The Morgan fingerprint density at radius 2 is 1.40 bits per heavy atom. The largest absolute Gasteiger partial charge is 0.426 e. The van der Waals surface area contributed by atoms with E-state index >= 15 is 0 Å². The van der Waals surface area contributed by atoms with Gasteiger partial charge in [-0.3, -0.25) is 19.2 Å². The van der Waals surface area contributed by atoms with Crippen molar-refractivity contribution in [1.29, 1.82) is 0 Å². The summed E-state index contributed by atoms with van der Waals surface area (Å²) in [4.78, 5) is 55.1. The molecular formula is C29H22Cl4N2O5. The fraction of sp³-hybridized carbons (Fsp3) is 0.241. The normalized spacial score (nSPS) is 16.6. The van der Waals surface area contributed by atoms with E-state index in [0.29, 0.717) is 0 Å². The Bertz CT molecular complexity index is 1540. The maximum Gasteiger partial charge on any atom is 0.316 e. The molecule has 0 spiro atoms. The predicted molar refractivity (Wildman–Crippen MR) is 155 cm³/mol. The summed E-state index contributed by atoms with van der Waals surface area (Å²) in [5.74, 6) is -2.82. The maximum atomic E-state index is 13.2. The van der Waals surface area contributed by atoms with E-state index < -0.39 is 23.7 Å². The van der Waals surface area contributed by atoms with Crippen LogP contribution < -0.4 is 14.5 Å². The van der Waals surface area contributed by atoms with Crippen molar-refractivity contribution in [2.75, 3.05) is 16.3 Å². The highest BCUT2D eigenvalue weighted by atomic mass is 35.5. The quantitative estimate of drug-likeness (QED) is 0.0959. The van der Waals surface area contributed by atoms with Crippen LogP contribution in [0.2, 0.25) is 20.1 Å². The number of amides is 3. The fourth-order valence-electron chi connectivity index (χ4n) is 5.11. The molecule has 3 amide bonds. The lowest BCUT2D eigenvalue weighted by Gasteiger charge is -2.23. The molecule has 1 atom stereocenters. The molecule has 3 aromatic rings. The zero-order valence-electron chi connectivity index (χ0n) is 21.4. The number of benzene rings is 3. The van der Waals surface area contributed by atoms with Gasteiger partial charge in [0.1, 0.15) is 5.75 Å². The summed E-state index contributed by atoms with van der Waals surface area (Å²) in [6.07, 6.45) is 1.51. The van der Waals surface area contributed by atoms with Gasteiger partial charge in [0, 0.05) is 24.7 Å². The van der Waals surface area contributed by atoms with Crippen molar-refractivity contribution in [2.45, 2.75) is 33.1 Å². The van der Waals surface area contributed by atoms with Gasteiger partial charge in [-0.1, -0.05) is 84.5 Å². The van der Waals surface area contributed by atoms with E-state index in [1.165, 1.54) is 24.3 Å². The van der Waals surface area contributed by atoms with E-state index in [-0.39, 0.29) is 61.5 Å². The van der Waals surface area contributed by atoms with Crippen molar-refractivity contribution in [3.05, 3.63) is 84.8 Å². The molecule has 1 saturated heterocycles. The van der Waals surface area contributed by atoms with E-state index in [2.05, 4.69) is 0 Å². The topological polar surface area (TPSA) is 84.0 Å². The van der Waals surface area contributed by atoms with Gasteiger partial charge in [0.25, 0.3) is 11.8 Å². The first kappa shape index (κ1) is 28.4. The van der Waals surface area contributed by atoms with Crippen LogP contribution in [0.25, 0.3) is 0 Å². The molecule has 0 bridgehead atoms. The third kappa shape index (κ3) is 4.65. The van der Waals surface area contributed by atoms with Crippen LogP contribution in [0.5, 0.6) is 5.75 Å². The van der Waals surface area contributed by atoms with Crippen LogP contribution in [0, 0.1) is 5.92 Å². The molecule has 3 aromatic carbocycles. The zero-order valence-corrected chi connectivity index (χ0v) is 24.4. The Morgan fingerprint density at radius 1 is 0.850 bits per heavy atom. The van der Waals surface area contributed by atoms with E-state index in [4.69, 9.17) is 51.1 Å². The van der Waals surface area contributed by atoms with Crippen molar-refractivity contribution in [3.8, 4) is 5.75 Å². The molecule has 0 aromatic heterocycles. The molecule has 2 heterocycles. The van der Waals surface area contributed by atoms with Gasteiger partial charge in [-0.25, -0.2) is 4.90 Å². The standard InChI is InChI=1S/C29H22Cl4N2O5/c1-3-14-7-5-8-15(4-2)26(14)34-13-16(11-19(34)36)29(39)40-18-10-6-9-17(12-18)35-27(37)20-21(28(35)38)23(31)25(33)24(32)22(20)30/h5-10,12,16H,3-4,11,13H2,1-2H3/t16-/m0/s1. The van der Waals surface area contributed by atoms with Crippen LogP contribution in [0.3, 0.4) is 0 Å². The number of para-hydroxylation sites is 1. The van der Waals surface area contributed by atoms with Crippen molar-refractivity contribution >= 4 is 81.5 Å². The molecule has 5 rings (SSSR count). The molecule has 0 N–H and O–H groups in total. The number of imide groups is 1. The number of anilines is 2. The lowest BCUT2D eigenvalue weighted by atomic mass is 10.0. The Morgan fingerprint density at radius 3 is 1.95 bits per heavy atom. The summed E-state index contributed by atoms with van der Waals surface area (Å²) in [5, 5.41) is -0.627. The molecule has 7 nitrogen and oxygen atoms in total. The van der Waals surface area contributed by atoms with Crippen LogP contribution in [0.1, 0.15) is 52.1 Å². The zero-order chi connectivity index (χ0) is 28.9. The lowest BCUT2D eigenvalue weighted by molar-refractivity contribution is -0.139. The first-order valence-electron chi connectivity index (χ1n) is 12.6. The van der Waals surface area contributed by atoms with Crippen molar-refractivity contribution < 1.29 is 23.9 Å². The van der Waals surface area contributed by atoms with Gasteiger partial charge in [0.2, 0.25) is 5.91 Å². The summed E-state index contributed by atoms with van der Waals surface area (Å²) in [6, 6.07) is 11.9. The number of carbonyl (C=O) groups excluding carboxylic acids is 4. The van der Waals surface area contributed by atoms with Crippen LogP contribution in [-0.4, -0.2) is 30.2 Å². The number of ether oxygens (including phenoxy) is 1. The first-order chi connectivity index (χ1) is 19.1. The predicted octanol–water partition coefficient (Wildman–Crippen LogP) is 7.18. The number of fused-ring (bicyclic) bond motifs is 1. The second-order valence-electron chi connectivity index (χ2n) is 9.41. The van der Waals surface area contributed by atoms with Gasteiger partial charge >= 0.3 is 5.97 Å². The minimum absolute atomic E-state index is 0.0106. The van der Waals surface area contributed by atoms with Crippen molar-refractivity contribution in [1.82, 2.24) is 0 Å². The second kappa shape index (κ2) is 11.1. The molecule has 2 aliphatic rings. The fourth-order valence-corrected chi connectivity index (χ4v) is 6.13.